The molecular weight excluding hydrogens is 260 g/mol. The lowest BCUT2D eigenvalue weighted by Gasteiger charge is -2.13. The molecule has 18 heavy (non-hydrogen) atoms. The zero-order chi connectivity index (χ0) is 13.1. The Hall–Kier alpha value is -2.25. The Labute approximate surface area is 106 Å². The zero-order valence-electron chi connectivity index (χ0n) is 8.87. The van der Waals surface area contributed by atoms with E-state index >= 15 is 0 Å². The van der Waals surface area contributed by atoms with Gasteiger partial charge in [-0.1, -0.05) is 28.9 Å². The Balaban J connectivity index is 2.25. The van der Waals surface area contributed by atoms with Gasteiger partial charge in [0, 0.05) is 0 Å². The first kappa shape index (κ1) is 12.2. The van der Waals surface area contributed by atoms with Crippen LogP contribution in [0.3, 0.4) is 0 Å². The highest BCUT2D eigenvalue weighted by molar-refractivity contribution is 6.34. The summed E-state index contributed by atoms with van der Waals surface area (Å²) in [6, 6.07) is 6.16. The molecule has 1 aromatic carbocycles. The molecule has 1 heterocycles. The third-order valence-corrected chi connectivity index (χ3v) is 2.41. The monoisotopic (exact) mass is 266 g/mol. The van der Waals surface area contributed by atoms with Gasteiger partial charge in [-0.3, -0.25) is 15.4 Å². The lowest BCUT2D eigenvalue weighted by molar-refractivity contribution is -0.00348. The third kappa shape index (κ3) is 2.22. The van der Waals surface area contributed by atoms with E-state index in [1.165, 1.54) is 12.1 Å². The van der Waals surface area contributed by atoms with Gasteiger partial charge in [0.1, 0.15) is 0 Å². The van der Waals surface area contributed by atoms with Gasteiger partial charge in [-0.15, -0.1) is 0 Å². The van der Waals surface area contributed by atoms with Crippen LogP contribution in [-0.2, 0) is 0 Å². The number of hydrogen-bond donors (Lipinski definition) is 2. The van der Waals surface area contributed by atoms with E-state index in [0.29, 0.717) is 0 Å². The van der Waals surface area contributed by atoms with Crippen molar-refractivity contribution in [1.82, 2.24) is 15.2 Å². The van der Waals surface area contributed by atoms with Crippen molar-refractivity contribution in [3.63, 3.8) is 0 Å². The second kappa shape index (κ2) is 4.94. The fourth-order valence-corrected chi connectivity index (χ4v) is 1.44. The minimum Gasteiger partial charge on any atom is -0.342 e. The fourth-order valence-electron chi connectivity index (χ4n) is 1.22. The average Bonchev–Trinajstić information content (AvgIpc) is 2.90. The van der Waals surface area contributed by atoms with E-state index in [4.69, 9.17) is 17.0 Å². The Kier molecular flexibility index (Phi) is 3.35. The van der Waals surface area contributed by atoms with Crippen LogP contribution in [0.2, 0.25) is 5.02 Å². The van der Waals surface area contributed by atoms with Crippen molar-refractivity contribution < 1.29 is 14.5 Å². The first-order chi connectivity index (χ1) is 8.61. The van der Waals surface area contributed by atoms with Crippen molar-refractivity contribution in [2.45, 2.75) is 0 Å². The van der Waals surface area contributed by atoms with Crippen LogP contribution in [-0.4, -0.2) is 32.2 Å². The van der Waals surface area contributed by atoms with Gasteiger partial charge >= 0.3 is 0 Å². The van der Waals surface area contributed by atoms with Crippen molar-refractivity contribution in [3.8, 4) is 0 Å². The molecule has 0 aliphatic rings. The lowest BCUT2D eigenvalue weighted by atomic mass is 10.2. The molecule has 0 aliphatic heterocycles. The summed E-state index contributed by atoms with van der Waals surface area (Å²) in [5.74, 6) is -1.66. The smallest absolute Gasteiger partial charge is 0.285 e. The molecule has 2 N–H and O–H groups in total. The first-order valence-corrected chi connectivity index (χ1v) is 5.12. The summed E-state index contributed by atoms with van der Waals surface area (Å²) in [5.41, 5.74) is 0.0647. The Morgan fingerprint density at radius 3 is 2.78 bits per heavy atom. The first-order valence-electron chi connectivity index (χ1n) is 4.74. The second-order valence-electron chi connectivity index (χ2n) is 3.20. The van der Waals surface area contributed by atoms with Gasteiger partial charge < -0.3 is 4.52 Å². The molecule has 7 nitrogen and oxygen atoms in total. The highest BCUT2D eigenvalue weighted by Gasteiger charge is 2.23. The highest BCUT2D eigenvalue weighted by Crippen LogP contribution is 2.17. The van der Waals surface area contributed by atoms with E-state index in [2.05, 4.69) is 14.7 Å². The molecule has 0 radical (unpaired) electrons. The Morgan fingerprint density at radius 1 is 1.44 bits per heavy atom. The molecule has 0 fully saturated rings. The molecule has 0 bridgehead atoms. The quantitative estimate of drug-likeness (QED) is 0.372. The number of amidine groups is 1. The number of nitrogens with zero attached hydrogens (tertiary/aromatic N) is 3. The minimum atomic E-state index is -0.851. The van der Waals surface area contributed by atoms with Gasteiger partial charge in [-0.25, -0.2) is 0 Å². The summed E-state index contributed by atoms with van der Waals surface area (Å²) in [6.45, 7) is 0. The molecule has 1 aromatic heterocycles. The molecular formula is C10H7ClN4O3. The number of amides is 1. The van der Waals surface area contributed by atoms with E-state index in [0.717, 1.165) is 6.39 Å². The summed E-state index contributed by atoms with van der Waals surface area (Å²) < 4.78 is 4.42. The van der Waals surface area contributed by atoms with E-state index < -0.39 is 11.7 Å². The minimum absolute atomic E-state index is 0.0647. The van der Waals surface area contributed by atoms with Crippen LogP contribution in [0.5, 0.6) is 0 Å². The van der Waals surface area contributed by atoms with Crippen molar-refractivity contribution in [2.24, 2.45) is 0 Å². The molecule has 0 saturated heterocycles. The topological polar surface area (TPSA) is 103 Å². The van der Waals surface area contributed by atoms with Crippen LogP contribution in [0.25, 0.3) is 0 Å². The Morgan fingerprint density at radius 2 is 2.17 bits per heavy atom. The third-order valence-electron chi connectivity index (χ3n) is 2.08. The molecule has 2 rings (SSSR count). The molecule has 0 saturated carbocycles. The largest absolute Gasteiger partial charge is 0.342 e. The summed E-state index contributed by atoms with van der Waals surface area (Å²) in [6.07, 6.45) is 0.984. The van der Waals surface area contributed by atoms with Crippen LogP contribution >= 0.6 is 11.6 Å². The molecule has 0 aliphatic carbocycles. The molecule has 92 valence electrons. The van der Waals surface area contributed by atoms with Crippen LogP contribution < -0.4 is 0 Å². The van der Waals surface area contributed by atoms with Crippen LogP contribution in [0.4, 0.5) is 0 Å². The number of carbonyl (C=O) groups excluding carboxylic acids is 1. The van der Waals surface area contributed by atoms with E-state index in [1.807, 2.05) is 0 Å². The zero-order valence-corrected chi connectivity index (χ0v) is 9.63. The van der Waals surface area contributed by atoms with Crippen LogP contribution in [0.1, 0.15) is 16.2 Å². The molecule has 2 aromatic rings. The van der Waals surface area contributed by atoms with Gasteiger partial charge in [0.2, 0.25) is 18.1 Å². The van der Waals surface area contributed by atoms with Crippen molar-refractivity contribution in [3.05, 3.63) is 47.1 Å². The summed E-state index contributed by atoms with van der Waals surface area (Å²) in [5, 5.41) is 20.8. The average molecular weight is 267 g/mol. The van der Waals surface area contributed by atoms with E-state index in [-0.39, 0.29) is 21.5 Å². The van der Waals surface area contributed by atoms with Gasteiger partial charge in [-0.2, -0.15) is 10.0 Å². The summed E-state index contributed by atoms with van der Waals surface area (Å²) in [4.78, 5) is 15.4. The van der Waals surface area contributed by atoms with Gasteiger partial charge in [0.25, 0.3) is 5.91 Å². The van der Waals surface area contributed by atoms with Crippen LogP contribution in [0.15, 0.2) is 35.2 Å². The molecule has 1 amide bonds. The number of hydroxylamine groups is 2. The number of aromatic nitrogens is 2. The number of hydrogen-bond acceptors (Lipinski definition) is 6. The normalized spacial score (nSPS) is 10.1. The maximum Gasteiger partial charge on any atom is 0.285 e. The number of benzene rings is 1. The molecule has 0 atom stereocenters. The maximum absolute atomic E-state index is 11.9. The van der Waals surface area contributed by atoms with E-state index in [9.17, 15) is 10.0 Å². The second-order valence-corrected chi connectivity index (χ2v) is 3.61. The van der Waals surface area contributed by atoms with Crippen molar-refractivity contribution >= 4 is 23.3 Å². The predicted molar refractivity (Wildman–Crippen MR) is 60.5 cm³/mol. The number of halogens is 1. The fraction of sp³-hybridized carbons (Fsp3) is 0. The standard InChI is InChI=1S/C10H7ClN4O3/c11-7-4-2-1-3-6(7)10(16)15(17)8(12)9-13-5-18-14-9/h1-5,12,17H. The predicted octanol–water partition coefficient (Wildman–Crippen LogP) is 1.58. The van der Waals surface area contributed by atoms with Gasteiger partial charge in [-0.05, 0) is 12.1 Å². The lowest BCUT2D eigenvalue weighted by Crippen LogP contribution is -2.34. The molecule has 0 unspecified atom stereocenters. The molecule has 8 heteroatoms. The van der Waals surface area contributed by atoms with Gasteiger partial charge in [0.15, 0.2) is 0 Å². The van der Waals surface area contributed by atoms with Crippen molar-refractivity contribution in [1.29, 1.82) is 5.41 Å². The highest BCUT2D eigenvalue weighted by atomic mass is 35.5. The van der Waals surface area contributed by atoms with Crippen LogP contribution in [0, 0.1) is 5.41 Å². The van der Waals surface area contributed by atoms with Crippen molar-refractivity contribution in [2.75, 3.05) is 0 Å². The van der Waals surface area contributed by atoms with Gasteiger partial charge in [0.05, 0.1) is 10.6 Å². The van der Waals surface area contributed by atoms with E-state index in [1.54, 1.807) is 12.1 Å². The summed E-state index contributed by atoms with van der Waals surface area (Å²) >= 11 is 5.81. The number of rotatable bonds is 2. The SMILES string of the molecule is N=C(c1ncon1)N(O)C(=O)c1ccccc1Cl. The number of nitrogens with one attached hydrogen (secondary N) is 1. The Bertz CT molecular complexity index is 585. The number of carbonyl (C=O) groups is 1. The summed E-state index contributed by atoms with van der Waals surface area (Å²) in [7, 11) is 0. The molecule has 0 spiro atoms. The maximum atomic E-state index is 11.9.